The molecule has 1 N–H and O–H groups in total. The second-order valence-corrected chi connectivity index (χ2v) is 6.26. The zero-order valence-electron chi connectivity index (χ0n) is 14.9. The third-order valence-corrected chi connectivity index (χ3v) is 4.37. The molecule has 0 aliphatic heterocycles. The van der Waals surface area contributed by atoms with Crippen molar-refractivity contribution in [3.05, 3.63) is 112 Å². The number of nitro benzene ring substituents is 1. The van der Waals surface area contributed by atoms with E-state index in [-0.39, 0.29) is 10.6 Å². The summed E-state index contributed by atoms with van der Waals surface area (Å²) in [5.74, 6) is 6.23. The summed E-state index contributed by atoms with van der Waals surface area (Å²) < 4.78 is 0. The molecule has 4 heteroatoms. The van der Waals surface area contributed by atoms with E-state index in [0.717, 1.165) is 22.2 Å². The van der Waals surface area contributed by atoms with Gasteiger partial charge < -0.3 is 5.32 Å². The van der Waals surface area contributed by atoms with E-state index >= 15 is 0 Å². The zero-order valence-corrected chi connectivity index (χ0v) is 14.9. The fourth-order valence-corrected chi connectivity index (χ4v) is 3.01. The minimum atomic E-state index is -0.343. The Balaban J connectivity index is 1.61. The first-order valence-electron chi connectivity index (χ1n) is 8.81. The van der Waals surface area contributed by atoms with Crippen LogP contribution in [0.4, 0.5) is 17.1 Å². The summed E-state index contributed by atoms with van der Waals surface area (Å²) in [6, 6.07) is 28.2. The van der Waals surface area contributed by atoms with Crippen molar-refractivity contribution >= 4 is 27.8 Å². The average Bonchev–Trinajstić information content (AvgIpc) is 2.73. The third-order valence-electron chi connectivity index (χ3n) is 4.37. The predicted octanol–water partition coefficient (Wildman–Crippen LogP) is 5.89. The predicted molar refractivity (Wildman–Crippen MR) is 113 cm³/mol. The highest BCUT2D eigenvalue weighted by atomic mass is 16.6. The number of hydrogen-bond donors (Lipinski definition) is 1. The molecular weight excluding hydrogens is 348 g/mol. The molecule has 0 bridgehead atoms. The van der Waals surface area contributed by atoms with Gasteiger partial charge in [-0.25, -0.2) is 0 Å². The van der Waals surface area contributed by atoms with E-state index in [1.165, 1.54) is 0 Å². The second-order valence-electron chi connectivity index (χ2n) is 6.26. The molecule has 0 spiro atoms. The van der Waals surface area contributed by atoms with Gasteiger partial charge in [0.2, 0.25) is 0 Å². The number of anilines is 2. The van der Waals surface area contributed by atoms with Crippen molar-refractivity contribution in [2.24, 2.45) is 0 Å². The van der Waals surface area contributed by atoms with Crippen LogP contribution in [0.2, 0.25) is 0 Å². The SMILES string of the molecule is O=[N+]([O-])c1c(Nc2ccc(C#Cc3ccccc3)cc2)ccc2ccccc12. The molecule has 4 rings (SSSR count). The van der Waals surface area contributed by atoms with Crippen LogP contribution >= 0.6 is 0 Å². The van der Waals surface area contributed by atoms with E-state index in [9.17, 15) is 10.1 Å². The lowest BCUT2D eigenvalue weighted by atomic mass is 10.1. The number of benzene rings is 4. The Morgan fingerprint density at radius 2 is 1.36 bits per heavy atom. The molecule has 28 heavy (non-hydrogen) atoms. The molecule has 0 saturated heterocycles. The van der Waals surface area contributed by atoms with E-state index in [4.69, 9.17) is 0 Å². The van der Waals surface area contributed by atoms with Crippen LogP contribution in [0.3, 0.4) is 0 Å². The Morgan fingerprint density at radius 3 is 2.07 bits per heavy atom. The topological polar surface area (TPSA) is 55.2 Å². The maximum atomic E-state index is 11.6. The van der Waals surface area contributed by atoms with Crippen LogP contribution in [0.15, 0.2) is 91.0 Å². The summed E-state index contributed by atoms with van der Waals surface area (Å²) in [5, 5.41) is 16.3. The normalized spacial score (nSPS) is 10.1. The average molecular weight is 364 g/mol. The van der Waals surface area contributed by atoms with Crippen molar-refractivity contribution in [3.63, 3.8) is 0 Å². The fourth-order valence-electron chi connectivity index (χ4n) is 3.01. The lowest BCUT2D eigenvalue weighted by molar-refractivity contribution is -0.382. The fraction of sp³-hybridized carbons (Fsp3) is 0. The highest BCUT2D eigenvalue weighted by Gasteiger charge is 2.18. The Kier molecular flexibility index (Phi) is 4.73. The standard InChI is InChI=1S/C24H16N2O2/c27-26(28)24-22-9-5-4-8-20(22)14-17-23(24)25-21-15-12-19(13-16-21)11-10-18-6-2-1-3-7-18/h1-9,12-17,25H. The Labute approximate surface area is 162 Å². The van der Waals surface area contributed by atoms with Crippen LogP contribution < -0.4 is 5.32 Å². The van der Waals surface area contributed by atoms with Crippen molar-refractivity contribution in [2.45, 2.75) is 0 Å². The van der Waals surface area contributed by atoms with Crippen LogP contribution in [-0.4, -0.2) is 4.92 Å². The molecule has 0 amide bonds. The molecule has 0 unspecified atom stereocenters. The monoisotopic (exact) mass is 364 g/mol. The largest absolute Gasteiger partial charge is 0.350 e. The molecule has 0 saturated carbocycles. The quantitative estimate of drug-likeness (QED) is 0.280. The van der Waals surface area contributed by atoms with Gasteiger partial charge >= 0.3 is 0 Å². The third kappa shape index (κ3) is 3.69. The molecule has 0 heterocycles. The molecule has 0 aromatic heterocycles. The highest BCUT2D eigenvalue weighted by molar-refractivity contribution is 5.97. The Bertz CT molecular complexity index is 1200. The zero-order chi connectivity index (χ0) is 19.3. The molecule has 0 aliphatic rings. The number of nitrogens with one attached hydrogen (secondary N) is 1. The first-order chi connectivity index (χ1) is 13.7. The Hall–Kier alpha value is -4.10. The van der Waals surface area contributed by atoms with Gasteiger partial charge in [0.15, 0.2) is 0 Å². The first kappa shape index (κ1) is 17.3. The van der Waals surface area contributed by atoms with Gasteiger partial charge in [-0.3, -0.25) is 10.1 Å². The number of rotatable bonds is 3. The summed E-state index contributed by atoms with van der Waals surface area (Å²) >= 11 is 0. The van der Waals surface area contributed by atoms with Crippen LogP contribution in [0.1, 0.15) is 11.1 Å². The minimum Gasteiger partial charge on any atom is -0.350 e. The van der Waals surface area contributed by atoms with Gasteiger partial charge in [-0.1, -0.05) is 54.3 Å². The molecule has 4 aromatic carbocycles. The van der Waals surface area contributed by atoms with Gasteiger partial charge in [0.05, 0.1) is 10.3 Å². The van der Waals surface area contributed by atoms with E-state index in [1.54, 1.807) is 18.2 Å². The highest BCUT2D eigenvalue weighted by Crippen LogP contribution is 2.35. The summed E-state index contributed by atoms with van der Waals surface area (Å²) in [5.41, 5.74) is 3.14. The number of nitro groups is 1. The lowest BCUT2D eigenvalue weighted by Crippen LogP contribution is -1.98. The molecule has 134 valence electrons. The van der Waals surface area contributed by atoms with Gasteiger partial charge in [0.25, 0.3) is 5.69 Å². The van der Waals surface area contributed by atoms with Crippen molar-refractivity contribution < 1.29 is 4.92 Å². The van der Waals surface area contributed by atoms with Crippen molar-refractivity contribution in [1.29, 1.82) is 0 Å². The van der Waals surface area contributed by atoms with Crippen LogP contribution in [0, 0.1) is 22.0 Å². The van der Waals surface area contributed by atoms with Crippen molar-refractivity contribution in [3.8, 4) is 11.8 Å². The van der Waals surface area contributed by atoms with Crippen LogP contribution in [0.25, 0.3) is 10.8 Å². The molecular formula is C24H16N2O2. The number of hydrogen-bond acceptors (Lipinski definition) is 3. The summed E-state index contributed by atoms with van der Waals surface area (Å²) in [6.45, 7) is 0. The van der Waals surface area contributed by atoms with E-state index in [0.29, 0.717) is 11.1 Å². The second kappa shape index (κ2) is 7.65. The van der Waals surface area contributed by atoms with Gasteiger partial charge in [0.1, 0.15) is 5.69 Å². The summed E-state index contributed by atoms with van der Waals surface area (Å²) in [7, 11) is 0. The van der Waals surface area contributed by atoms with Gasteiger partial charge in [0, 0.05) is 16.8 Å². The maximum Gasteiger partial charge on any atom is 0.300 e. The minimum absolute atomic E-state index is 0.0750. The van der Waals surface area contributed by atoms with Crippen molar-refractivity contribution in [1.82, 2.24) is 0 Å². The van der Waals surface area contributed by atoms with Gasteiger partial charge in [-0.05, 0) is 53.9 Å². The number of nitrogens with zero attached hydrogens (tertiary/aromatic N) is 1. The van der Waals surface area contributed by atoms with Gasteiger partial charge in [-0.15, -0.1) is 0 Å². The maximum absolute atomic E-state index is 11.6. The molecule has 0 fully saturated rings. The van der Waals surface area contributed by atoms with E-state index < -0.39 is 0 Å². The van der Waals surface area contributed by atoms with Crippen LogP contribution in [0.5, 0.6) is 0 Å². The van der Waals surface area contributed by atoms with E-state index in [2.05, 4.69) is 17.2 Å². The first-order valence-corrected chi connectivity index (χ1v) is 8.81. The molecule has 0 radical (unpaired) electrons. The molecule has 0 atom stereocenters. The molecule has 4 aromatic rings. The summed E-state index contributed by atoms with van der Waals surface area (Å²) in [6.07, 6.45) is 0. The Morgan fingerprint density at radius 1 is 0.714 bits per heavy atom. The summed E-state index contributed by atoms with van der Waals surface area (Å²) in [4.78, 5) is 11.3. The van der Waals surface area contributed by atoms with Gasteiger partial charge in [-0.2, -0.15) is 0 Å². The van der Waals surface area contributed by atoms with E-state index in [1.807, 2.05) is 72.8 Å². The molecule has 4 nitrogen and oxygen atoms in total. The smallest absolute Gasteiger partial charge is 0.300 e. The van der Waals surface area contributed by atoms with Crippen molar-refractivity contribution in [2.75, 3.05) is 5.32 Å². The molecule has 0 aliphatic carbocycles. The van der Waals surface area contributed by atoms with Crippen LogP contribution in [-0.2, 0) is 0 Å². The lowest BCUT2D eigenvalue weighted by Gasteiger charge is -2.09. The number of fused-ring (bicyclic) bond motifs is 1.